The number of rotatable bonds is 4. The van der Waals surface area contributed by atoms with E-state index in [1.807, 2.05) is 35.3 Å². The van der Waals surface area contributed by atoms with Crippen LogP contribution in [-0.4, -0.2) is 36.5 Å². The molecule has 0 saturated carbocycles. The van der Waals surface area contributed by atoms with Gasteiger partial charge in [0.1, 0.15) is 0 Å². The van der Waals surface area contributed by atoms with Gasteiger partial charge in [-0.25, -0.2) is 0 Å². The van der Waals surface area contributed by atoms with Crippen molar-refractivity contribution in [3.05, 3.63) is 67.3 Å². The summed E-state index contributed by atoms with van der Waals surface area (Å²) < 4.78 is 0. The minimum Gasteiger partial charge on any atom is -0.367 e. The van der Waals surface area contributed by atoms with Crippen molar-refractivity contribution in [1.82, 2.24) is 4.90 Å². The third-order valence-electron chi connectivity index (χ3n) is 3.84. The third-order valence-corrected chi connectivity index (χ3v) is 3.84. The minimum absolute atomic E-state index is 0.0203. The molecule has 0 spiro atoms. The van der Waals surface area contributed by atoms with Crippen molar-refractivity contribution in [3.63, 3.8) is 0 Å². The average molecular weight is 282 g/mol. The van der Waals surface area contributed by atoms with Gasteiger partial charge in [-0.1, -0.05) is 49.6 Å². The van der Waals surface area contributed by atoms with E-state index in [1.54, 1.807) is 13.0 Å². The maximum Gasteiger partial charge on any atom is 0.220 e. The summed E-state index contributed by atoms with van der Waals surface area (Å²) in [4.78, 5) is 16.1. The first-order valence-corrected chi connectivity index (χ1v) is 7.19. The van der Waals surface area contributed by atoms with Crippen LogP contribution in [0, 0.1) is 0 Å². The number of amides is 1. The zero-order valence-corrected chi connectivity index (χ0v) is 12.5. The molecule has 1 fully saturated rings. The molecule has 2 rings (SSSR count). The first kappa shape index (κ1) is 15.1. The van der Waals surface area contributed by atoms with Crippen LogP contribution in [0.4, 0.5) is 5.69 Å². The van der Waals surface area contributed by atoms with Crippen molar-refractivity contribution < 1.29 is 4.79 Å². The normalized spacial score (nSPS) is 19.3. The Hall–Kier alpha value is -2.29. The molecule has 1 amide bonds. The molecular formula is C18H22N2O. The van der Waals surface area contributed by atoms with Crippen molar-refractivity contribution in [3.8, 4) is 0 Å². The summed E-state index contributed by atoms with van der Waals surface area (Å²) in [6.45, 7) is 11.6. The van der Waals surface area contributed by atoms with Crippen molar-refractivity contribution in [2.75, 3.05) is 24.5 Å². The number of hydrogen-bond donors (Lipinski definition) is 0. The van der Waals surface area contributed by atoms with Gasteiger partial charge < -0.3 is 9.80 Å². The van der Waals surface area contributed by atoms with Crippen LogP contribution in [0.5, 0.6) is 0 Å². The number of carbonyl (C=O) groups excluding carboxylic acids is 1. The highest BCUT2D eigenvalue weighted by molar-refractivity contribution is 5.75. The molecule has 1 unspecified atom stereocenters. The van der Waals surface area contributed by atoms with Crippen LogP contribution in [0.3, 0.4) is 0 Å². The van der Waals surface area contributed by atoms with E-state index in [2.05, 4.69) is 30.2 Å². The number of piperazine rings is 1. The smallest absolute Gasteiger partial charge is 0.220 e. The second-order valence-corrected chi connectivity index (χ2v) is 5.12. The van der Waals surface area contributed by atoms with Crippen LogP contribution < -0.4 is 4.90 Å². The fourth-order valence-electron chi connectivity index (χ4n) is 2.77. The Labute approximate surface area is 126 Å². The van der Waals surface area contributed by atoms with Crippen molar-refractivity contribution in [2.45, 2.75) is 13.0 Å². The number of carbonyl (C=O) groups is 1. The number of hydrogen-bond acceptors (Lipinski definition) is 2. The monoisotopic (exact) mass is 282 g/mol. The minimum atomic E-state index is 0.0203. The van der Waals surface area contributed by atoms with Gasteiger partial charge in [0.05, 0.1) is 6.04 Å². The Morgan fingerprint density at radius 2 is 1.95 bits per heavy atom. The van der Waals surface area contributed by atoms with E-state index in [4.69, 9.17) is 0 Å². The summed E-state index contributed by atoms with van der Waals surface area (Å²) in [7, 11) is 0. The largest absolute Gasteiger partial charge is 0.367 e. The lowest BCUT2D eigenvalue weighted by atomic mass is 10.0. The highest BCUT2D eigenvalue weighted by Gasteiger charge is 2.30. The highest BCUT2D eigenvalue weighted by Crippen LogP contribution is 2.23. The van der Waals surface area contributed by atoms with Crippen LogP contribution in [-0.2, 0) is 4.79 Å². The fourth-order valence-corrected chi connectivity index (χ4v) is 2.77. The third kappa shape index (κ3) is 3.43. The Morgan fingerprint density at radius 1 is 1.24 bits per heavy atom. The Kier molecular flexibility index (Phi) is 4.99. The molecule has 21 heavy (non-hydrogen) atoms. The first-order valence-electron chi connectivity index (χ1n) is 7.19. The Balaban J connectivity index is 2.27. The average Bonchev–Trinajstić information content (AvgIpc) is 2.52. The van der Waals surface area contributed by atoms with E-state index < -0.39 is 0 Å². The molecule has 1 heterocycles. The molecule has 1 aromatic rings. The van der Waals surface area contributed by atoms with Gasteiger partial charge in [0.2, 0.25) is 5.91 Å². The predicted molar refractivity (Wildman–Crippen MR) is 88.3 cm³/mol. The lowest BCUT2D eigenvalue weighted by Crippen LogP contribution is -2.55. The molecule has 3 nitrogen and oxygen atoms in total. The molecule has 0 N–H and O–H groups in total. The lowest BCUT2D eigenvalue weighted by molar-refractivity contribution is -0.130. The van der Waals surface area contributed by atoms with E-state index >= 15 is 0 Å². The van der Waals surface area contributed by atoms with Gasteiger partial charge in [0.15, 0.2) is 0 Å². The molecule has 0 bridgehead atoms. The number of para-hydroxylation sites is 1. The van der Waals surface area contributed by atoms with E-state index in [9.17, 15) is 4.79 Å². The summed E-state index contributed by atoms with van der Waals surface area (Å²) in [5, 5.41) is 0. The topological polar surface area (TPSA) is 23.6 Å². The molecule has 1 aliphatic heterocycles. The molecule has 1 saturated heterocycles. The summed E-state index contributed by atoms with van der Waals surface area (Å²) in [5.74, 6) is 0.101. The van der Waals surface area contributed by atoms with Gasteiger partial charge in [-0.05, 0) is 17.7 Å². The second kappa shape index (κ2) is 6.93. The van der Waals surface area contributed by atoms with E-state index in [0.29, 0.717) is 0 Å². The van der Waals surface area contributed by atoms with E-state index in [1.165, 1.54) is 5.69 Å². The van der Waals surface area contributed by atoms with Gasteiger partial charge in [-0.3, -0.25) is 4.79 Å². The van der Waals surface area contributed by atoms with Crippen molar-refractivity contribution in [2.24, 2.45) is 0 Å². The van der Waals surface area contributed by atoms with Crippen LogP contribution in [0.2, 0.25) is 0 Å². The zero-order valence-electron chi connectivity index (χ0n) is 12.5. The molecule has 1 aromatic carbocycles. The molecular weight excluding hydrogens is 260 g/mol. The summed E-state index contributed by atoms with van der Waals surface area (Å²) in [6, 6.07) is 10.3. The van der Waals surface area contributed by atoms with Gasteiger partial charge in [-0.15, -0.1) is 0 Å². The number of allylic oxidation sites excluding steroid dienone is 2. The second-order valence-electron chi connectivity index (χ2n) is 5.12. The van der Waals surface area contributed by atoms with Gasteiger partial charge in [0.25, 0.3) is 0 Å². The molecule has 1 atom stereocenters. The first-order chi connectivity index (χ1) is 10.2. The molecule has 3 heteroatoms. The maximum absolute atomic E-state index is 11.9. The molecule has 110 valence electrons. The zero-order chi connectivity index (χ0) is 15.2. The van der Waals surface area contributed by atoms with Crippen LogP contribution in [0.15, 0.2) is 67.3 Å². The molecule has 0 aliphatic carbocycles. The van der Waals surface area contributed by atoms with Crippen LogP contribution in [0.25, 0.3) is 0 Å². The summed E-state index contributed by atoms with van der Waals surface area (Å²) in [6.07, 6.45) is 5.50. The maximum atomic E-state index is 11.9. The molecule has 0 aromatic heterocycles. The predicted octanol–water partition coefficient (Wildman–Crippen LogP) is 3.02. The number of nitrogens with zero attached hydrogens (tertiary/aromatic N) is 2. The van der Waals surface area contributed by atoms with Crippen molar-refractivity contribution in [1.29, 1.82) is 0 Å². The Bertz CT molecular complexity index is 548. The summed E-state index contributed by atoms with van der Waals surface area (Å²) >= 11 is 0. The van der Waals surface area contributed by atoms with Crippen molar-refractivity contribution >= 4 is 11.6 Å². The van der Waals surface area contributed by atoms with Gasteiger partial charge in [0, 0.05) is 32.2 Å². The van der Waals surface area contributed by atoms with Gasteiger partial charge in [-0.2, -0.15) is 0 Å². The number of anilines is 1. The standard InChI is InChI=1S/C18H22N2O/c1-4-9-16(5-2)18-14-19(12-13-20(18)15(3)21)17-10-7-6-8-11-17/h4-11,18H,1-2,12-14H2,3H3/b16-9+. The molecule has 1 aliphatic rings. The Morgan fingerprint density at radius 3 is 2.52 bits per heavy atom. The van der Waals surface area contributed by atoms with Crippen LogP contribution in [0.1, 0.15) is 6.92 Å². The fraction of sp³-hybridized carbons (Fsp3) is 0.278. The lowest BCUT2D eigenvalue weighted by Gasteiger charge is -2.42. The summed E-state index contributed by atoms with van der Waals surface area (Å²) in [5.41, 5.74) is 2.22. The van der Waals surface area contributed by atoms with Crippen LogP contribution >= 0.6 is 0 Å². The van der Waals surface area contributed by atoms with E-state index in [0.717, 1.165) is 25.2 Å². The number of benzene rings is 1. The van der Waals surface area contributed by atoms with E-state index in [-0.39, 0.29) is 11.9 Å². The van der Waals surface area contributed by atoms with Gasteiger partial charge >= 0.3 is 0 Å². The SMILES string of the molecule is C=C/C=C(\C=C)C1CN(c2ccccc2)CCN1C(C)=O. The molecule has 0 radical (unpaired) electrons. The quantitative estimate of drug-likeness (QED) is 0.793. The highest BCUT2D eigenvalue weighted by atomic mass is 16.2.